The third-order valence-corrected chi connectivity index (χ3v) is 6.23. The largest absolute Gasteiger partial charge is 0.394 e. The van der Waals surface area contributed by atoms with Crippen LogP contribution in [0.4, 0.5) is 5.69 Å². The number of nitrogens with two attached hydrogens (primary N) is 1. The lowest BCUT2D eigenvalue weighted by Crippen LogP contribution is -2.32. The summed E-state index contributed by atoms with van der Waals surface area (Å²) < 4.78 is 2.12. The van der Waals surface area contributed by atoms with Crippen molar-refractivity contribution in [3.8, 4) is 11.3 Å². The summed E-state index contributed by atoms with van der Waals surface area (Å²) in [6, 6.07) is 6.20. The lowest BCUT2D eigenvalue weighted by Gasteiger charge is -2.34. The molecule has 2 fully saturated rings. The summed E-state index contributed by atoms with van der Waals surface area (Å²) in [4.78, 5) is 9.56. The molecule has 2 aliphatic carbocycles. The molecular weight excluding hydrogens is 380 g/mol. The monoisotopic (exact) mass is 408 g/mol. The Balaban J connectivity index is 1.45. The first kappa shape index (κ1) is 19.4. The molecule has 158 valence electrons. The Labute approximate surface area is 175 Å². The molecule has 0 aliphatic heterocycles. The summed E-state index contributed by atoms with van der Waals surface area (Å²) in [5.41, 5.74) is 11.2. The number of hydrogen-bond donors (Lipinski definition) is 4. The van der Waals surface area contributed by atoms with Crippen LogP contribution in [-0.2, 0) is 0 Å². The van der Waals surface area contributed by atoms with Crippen LogP contribution in [0.3, 0.4) is 0 Å². The third kappa shape index (κ3) is 3.66. The molecule has 1 aromatic carbocycles. The van der Waals surface area contributed by atoms with Crippen LogP contribution in [0, 0.1) is 5.92 Å². The zero-order chi connectivity index (χ0) is 20.7. The second kappa shape index (κ2) is 7.94. The van der Waals surface area contributed by atoms with Gasteiger partial charge >= 0.3 is 0 Å². The molecule has 0 amide bonds. The molecule has 8 heteroatoms. The second-order valence-corrected chi connectivity index (χ2v) is 8.56. The number of nitrogens with zero attached hydrogens (tertiary/aromatic N) is 4. The molecule has 0 spiro atoms. The van der Waals surface area contributed by atoms with Crippen LogP contribution >= 0.6 is 0 Å². The summed E-state index contributed by atoms with van der Waals surface area (Å²) >= 11 is 0. The smallest absolute Gasteiger partial charge is 0.112 e. The van der Waals surface area contributed by atoms with Gasteiger partial charge in [-0.2, -0.15) is 5.10 Å². The molecule has 0 bridgehead atoms. The van der Waals surface area contributed by atoms with Crippen molar-refractivity contribution in [1.29, 1.82) is 0 Å². The molecule has 2 heterocycles. The van der Waals surface area contributed by atoms with Gasteiger partial charge in [0.05, 0.1) is 47.5 Å². The lowest BCUT2D eigenvalue weighted by atomic mass is 9.80. The number of hydrogen-bond acceptors (Lipinski definition) is 7. The summed E-state index contributed by atoms with van der Waals surface area (Å²) in [7, 11) is 0. The summed E-state index contributed by atoms with van der Waals surface area (Å²) in [6.07, 6.45) is 7.70. The van der Waals surface area contributed by atoms with E-state index in [2.05, 4.69) is 21.2 Å². The van der Waals surface area contributed by atoms with E-state index < -0.39 is 6.10 Å². The van der Waals surface area contributed by atoms with E-state index in [9.17, 15) is 5.11 Å². The highest BCUT2D eigenvalue weighted by Gasteiger charge is 2.34. The Kier molecular flexibility index (Phi) is 5.14. The van der Waals surface area contributed by atoms with Crippen LogP contribution in [0.15, 0.2) is 30.6 Å². The maximum atomic E-state index is 9.61. The van der Waals surface area contributed by atoms with E-state index in [4.69, 9.17) is 20.9 Å². The van der Waals surface area contributed by atoms with Crippen molar-refractivity contribution in [2.24, 2.45) is 11.7 Å². The fraction of sp³-hybridized carbons (Fsp3) is 0.500. The Hall–Kier alpha value is -2.55. The van der Waals surface area contributed by atoms with Crippen LogP contribution in [-0.4, -0.2) is 55.8 Å². The van der Waals surface area contributed by atoms with E-state index in [1.54, 1.807) is 0 Å². The minimum absolute atomic E-state index is 0.253. The number of benzene rings is 1. The zero-order valence-electron chi connectivity index (χ0n) is 16.9. The number of fused-ring (bicyclic) bond motifs is 1. The van der Waals surface area contributed by atoms with Gasteiger partial charge < -0.3 is 21.3 Å². The summed E-state index contributed by atoms with van der Waals surface area (Å²) in [6.45, 7) is 0.722. The predicted molar refractivity (Wildman–Crippen MR) is 115 cm³/mol. The highest BCUT2D eigenvalue weighted by Crippen LogP contribution is 2.45. The Morgan fingerprint density at radius 1 is 1.27 bits per heavy atom. The fourth-order valence-electron chi connectivity index (χ4n) is 4.16. The van der Waals surface area contributed by atoms with Gasteiger partial charge in [0.1, 0.15) is 5.52 Å². The Morgan fingerprint density at radius 3 is 2.83 bits per heavy atom. The van der Waals surface area contributed by atoms with E-state index in [0.717, 1.165) is 53.1 Å². The zero-order valence-corrected chi connectivity index (χ0v) is 16.9. The number of anilines is 1. The molecule has 0 radical (unpaired) electrons. The van der Waals surface area contributed by atoms with E-state index in [1.165, 1.54) is 12.8 Å². The molecule has 1 atom stereocenters. The average molecular weight is 409 g/mol. The van der Waals surface area contributed by atoms with E-state index >= 15 is 0 Å². The summed E-state index contributed by atoms with van der Waals surface area (Å²) in [5.74, 6) is 1.14. The van der Waals surface area contributed by atoms with Gasteiger partial charge in [0.2, 0.25) is 0 Å². The molecule has 2 saturated carbocycles. The topological polar surface area (TPSA) is 122 Å². The first-order valence-electron chi connectivity index (χ1n) is 10.7. The third-order valence-electron chi connectivity index (χ3n) is 6.23. The van der Waals surface area contributed by atoms with Gasteiger partial charge in [-0.25, -0.2) is 4.98 Å². The average Bonchev–Trinajstić information content (AvgIpc) is 3.50. The first-order valence-corrected chi connectivity index (χ1v) is 10.7. The number of nitrogens with one attached hydrogen (secondary N) is 1. The van der Waals surface area contributed by atoms with Crippen LogP contribution in [0.25, 0.3) is 22.3 Å². The lowest BCUT2D eigenvalue weighted by molar-refractivity contribution is 0.105. The van der Waals surface area contributed by atoms with Crippen molar-refractivity contribution in [3.63, 3.8) is 0 Å². The molecule has 8 nitrogen and oxygen atoms in total. The Bertz CT molecular complexity index is 1040. The molecule has 5 rings (SSSR count). The van der Waals surface area contributed by atoms with E-state index in [-0.39, 0.29) is 13.2 Å². The van der Waals surface area contributed by atoms with Gasteiger partial charge in [-0.1, -0.05) is 6.07 Å². The quantitative estimate of drug-likeness (QED) is 0.450. The minimum atomic E-state index is -0.815. The molecule has 1 unspecified atom stereocenters. The molecule has 3 aromatic rings. The number of rotatable bonds is 8. The van der Waals surface area contributed by atoms with E-state index in [0.29, 0.717) is 17.9 Å². The van der Waals surface area contributed by atoms with Gasteiger partial charge in [-0.05, 0) is 50.3 Å². The van der Waals surface area contributed by atoms with Crippen molar-refractivity contribution in [2.75, 3.05) is 25.0 Å². The molecule has 30 heavy (non-hydrogen) atoms. The van der Waals surface area contributed by atoms with Gasteiger partial charge in [0.25, 0.3) is 0 Å². The highest BCUT2D eigenvalue weighted by atomic mass is 16.3. The molecule has 2 aliphatic rings. The maximum Gasteiger partial charge on any atom is 0.112 e. The van der Waals surface area contributed by atoms with Crippen LogP contribution < -0.4 is 11.1 Å². The second-order valence-electron chi connectivity index (χ2n) is 8.56. The fourth-order valence-corrected chi connectivity index (χ4v) is 4.16. The van der Waals surface area contributed by atoms with Crippen LogP contribution in [0.1, 0.15) is 43.3 Å². The molecule has 5 N–H and O–H groups in total. The van der Waals surface area contributed by atoms with Crippen molar-refractivity contribution >= 4 is 16.7 Å². The number of aromatic nitrogens is 4. The number of para-hydroxylation sites is 1. The van der Waals surface area contributed by atoms with Crippen molar-refractivity contribution in [3.05, 3.63) is 36.3 Å². The number of aliphatic hydroxyl groups excluding tert-OH is 2. The SMILES string of the molecule is NCC1CC(n2cc(-c3cnc4c(NCC(O)CO)cccc4n3)c(C3CC3)n2)C1. The minimum Gasteiger partial charge on any atom is -0.394 e. The standard InChI is InChI=1S/C22H28N6O2/c23-8-13-6-15(7-13)28-11-17(21(27-28)14-4-5-14)20-10-25-22-18(24-9-16(30)12-29)2-1-3-19(22)26-20/h1-3,10-11,13-16,24,29-30H,4-9,12,23H2. The molecule has 2 aromatic heterocycles. The van der Waals surface area contributed by atoms with Crippen molar-refractivity contribution in [2.45, 2.75) is 43.7 Å². The van der Waals surface area contributed by atoms with Crippen LogP contribution in [0.5, 0.6) is 0 Å². The van der Waals surface area contributed by atoms with Crippen molar-refractivity contribution < 1.29 is 10.2 Å². The molecular formula is C22H28N6O2. The van der Waals surface area contributed by atoms with Crippen molar-refractivity contribution in [1.82, 2.24) is 19.7 Å². The van der Waals surface area contributed by atoms with Gasteiger partial charge in [0, 0.05) is 24.2 Å². The van der Waals surface area contributed by atoms with Crippen LogP contribution in [0.2, 0.25) is 0 Å². The number of aliphatic hydroxyl groups is 2. The summed E-state index contributed by atoms with van der Waals surface area (Å²) in [5, 5.41) is 26.7. The Morgan fingerprint density at radius 2 is 2.10 bits per heavy atom. The predicted octanol–water partition coefficient (Wildman–Crippen LogP) is 2.05. The van der Waals surface area contributed by atoms with Gasteiger partial charge in [0.15, 0.2) is 0 Å². The normalized spacial score (nSPS) is 22.1. The molecule has 0 saturated heterocycles. The van der Waals surface area contributed by atoms with E-state index in [1.807, 2.05) is 24.4 Å². The van der Waals surface area contributed by atoms with Gasteiger partial charge in [-0.15, -0.1) is 0 Å². The first-order chi connectivity index (χ1) is 14.7. The maximum absolute atomic E-state index is 9.61. The van der Waals surface area contributed by atoms with Gasteiger partial charge in [-0.3, -0.25) is 9.67 Å². The highest BCUT2D eigenvalue weighted by molar-refractivity contribution is 5.88.